The lowest BCUT2D eigenvalue weighted by molar-refractivity contribution is -0.115. The number of nitrogens with zero attached hydrogens (tertiary/aromatic N) is 2. The summed E-state index contributed by atoms with van der Waals surface area (Å²) in [5.41, 5.74) is 7.02. The number of allylic oxidation sites excluding steroid dienone is 1. The minimum atomic E-state index is -0.288. The van der Waals surface area contributed by atoms with Crippen molar-refractivity contribution in [1.82, 2.24) is 10.3 Å². The molecule has 0 aliphatic heterocycles. The summed E-state index contributed by atoms with van der Waals surface area (Å²) in [5.74, 6) is 0.179. The number of rotatable bonds is 3. The van der Waals surface area contributed by atoms with E-state index in [1.165, 1.54) is 18.9 Å². The summed E-state index contributed by atoms with van der Waals surface area (Å²) in [4.78, 5) is 19.9. The number of carbonyl (C=O) groups excluding carboxylic acids is 1. The van der Waals surface area contributed by atoms with Crippen LogP contribution in [0.2, 0.25) is 0 Å². The number of para-hydroxylation sites is 2. The first-order valence-electron chi connectivity index (χ1n) is 7.39. The Morgan fingerprint density at radius 1 is 1.36 bits per heavy atom. The number of fused-ring (bicyclic) bond motifs is 1. The molecule has 0 atom stereocenters. The van der Waals surface area contributed by atoms with Crippen molar-refractivity contribution in [3.8, 4) is 0 Å². The zero-order chi connectivity index (χ0) is 15.4. The molecule has 0 spiro atoms. The Labute approximate surface area is 128 Å². The zero-order valence-corrected chi connectivity index (χ0v) is 12.2. The number of nitrogens with two attached hydrogens (primary N) is 1. The quantitative estimate of drug-likeness (QED) is 0.517. The van der Waals surface area contributed by atoms with Crippen LogP contribution in [0.25, 0.3) is 11.1 Å². The third-order valence-corrected chi connectivity index (χ3v) is 3.67. The van der Waals surface area contributed by atoms with Crippen molar-refractivity contribution in [1.29, 1.82) is 0 Å². The molecular formula is C16H18N4O2. The van der Waals surface area contributed by atoms with Crippen molar-refractivity contribution < 1.29 is 9.21 Å². The second kappa shape index (κ2) is 6.43. The van der Waals surface area contributed by atoms with Crippen LogP contribution in [-0.4, -0.2) is 16.9 Å². The average molecular weight is 298 g/mol. The van der Waals surface area contributed by atoms with Gasteiger partial charge in [-0.15, -0.1) is 0 Å². The number of guanidine groups is 1. The molecule has 6 nitrogen and oxygen atoms in total. The van der Waals surface area contributed by atoms with Crippen LogP contribution in [-0.2, 0) is 4.79 Å². The van der Waals surface area contributed by atoms with E-state index in [0.717, 1.165) is 12.8 Å². The summed E-state index contributed by atoms with van der Waals surface area (Å²) in [6.45, 7) is 0. The maximum atomic E-state index is 11.8. The summed E-state index contributed by atoms with van der Waals surface area (Å²) in [6, 6.07) is 7.44. The van der Waals surface area contributed by atoms with E-state index >= 15 is 0 Å². The summed E-state index contributed by atoms with van der Waals surface area (Å²) in [6.07, 6.45) is 8.22. The molecule has 6 heteroatoms. The van der Waals surface area contributed by atoms with E-state index in [1.54, 1.807) is 6.07 Å². The molecule has 1 aliphatic carbocycles. The maximum Gasteiger partial charge on any atom is 0.325 e. The number of aromatic nitrogens is 1. The van der Waals surface area contributed by atoms with Crippen molar-refractivity contribution in [2.75, 3.05) is 0 Å². The number of amides is 1. The van der Waals surface area contributed by atoms with E-state index in [1.807, 2.05) is 24.3 Å². The molecule has 0 bridgehead atoms. The van der Waals surface area contributed by atoms with Gasteiger partial charge in [-0.3, -0.25) is 10.1 Å². The summed E-state index contributed by atoms with van der Waals surface area (Å²) >= 11 is 0. The number of aliphatic imine (C=N–C) groups is 1. The average Bonchev–Trinajstić information content (AvgIpc) is 3.13. The maximum absolute atomic E-state index is 11.8. The van der Waals surface area contributed by atoms with E-state index in [0.29, 0.717) is 17.0 Å². The van der Waals surface area contributed by atoms with Crippen LogP contribution in [0.3, 0.4) is 0 Å². The van der Waals surface area contributed by atoms with Gasteiger partial charge in [0, 0.05) is 0 Å². The van der Waals surface area contributed by atoms with Crippen LogP contribution in [0.5, 0.6) is 0 Å². The molecule has 1 fully saturated rings. The smallest absolute Gasteiger partial charge is 0.325 e. The number of oxazole rings is 1. The highest BCUT2D eigenvalue weighted by atomic mass is 16.4. The van der Waals surface area contributed by atoms with Crippen LogP contribution in [0.1, 0.15) is 25.7 Å². The fourth-order valence-electron chi connectivity index (χ4n) is 2.58. The standard InChI is InChI=1S/C16H18N4O2/c17-15(19-14(21)10-9-11-5-1-2-6-11)20-16-18-12-7-3-4-8-13(12)22-16/h3-4,7-11H,1-2,5-6H2,(H3,17,18,19,20,21)/b10-9+. The molecule has 0 radical (unpaired) electrons. The van der Waals surface area contributed by atoms with Gasteiger partial charge in [0.2, 0.25) is 11.9 Å². The summed E-state index contributed by atoms with van der Waals surface area (Å²) < 4.78 is 5.41. The second-order valence-corrected chi connectivity index (χ2v) is 5.35. The lowest BCUT2D eigenvalue weighted by Crippen LogP contribution is -2.35. The van der Waals surface area contributed by atoms with Gasteiger partial charge in [0.05, 0.1) is 0 Å². The first kappa shape index (κ1) is 14.3. The minimum absolute atomic E-state index is 0.0346. The van der Waals surface area contributed by atoms with Gasteiger partial charge in [0.25, 0.3) is 0 Å². The van der Waals surface area contributed by atoms with E-state index in [-0.39, 0.29) is 17.9 Å². The second-order valence-electron chi connectivity index (χ2n) is 5.35. The molecule has 1 aliphatic rings. The third-order valence-electron chi connectivity index (χ3n) is 3.67. The molecular weight excluding hydrogens is 280 g/mol. The Morgan fingerprint density at radius 2 is 2.14 bits per heavy atom. The van der Waals surface area contributed by atoms with E-state index < -0.39 is 0 Å². The molecule has 3 rings (SSSR count). The van der Waals surface area contributed by atoms with Crippen molar-refractivity contribution in [3.05, 3.63) is 36.4 Å². The Hall–Kier alpha value is -2.63. The molecule has 3 N–H and O–H groups in total. The van der Waals surface area contributed by atoms with Gasteiger partial charge in [-0.2, -0.15) is 9.98 Å². The first-order chi connectivity index (χ1) is 10.7. The third kappa shape index (κ3) is 3.52. The van der Waals surface area contributed by atoms with Gasteiger partial charge >= 0.3 is 6.01 Å². The highest BCUT2D eigenvalue weighted by Gasteiger charge is 2.12. The van der Waals surface area contributed by atoms with Crippen molar-refractivity contribution in [3.63, 3.8) is 0 Å². The number of benzene rings is 1. The van der Waals surface area contributed by atoms with Crippen LogP contribution in [0.4, 0.5) is 6.01 Å². The zero-order valence-electron chi connectivity index (χ0n) is 12.2. The number of carbonyl (C=O) groups is 1. The van der Waals surface area contributed by atoms with E-state index in [2.05, 4.69) is 15.3 Å². The highest BCUT2D eigenvalue weighted by molar-refractivity contribution is 6.02. The molecule has 2 aromatic rings. The predicted octanol–water partition coefficient (Wildman–Crippen LogP) is 2.64. The van der Waals surface area contributed by atoms with Gasteiger partial charge in [0.15, 0.2) is 5.58 Å². The van der Waals surface area contributed by atoms with Gasteiger partial charge in [-0.1, -0.05) is 31.1 Å². The monoisotopic (exact) mass is 298 g/mol. The predicted molar refractivity (Wildman–Crippen MR) is 84.5 cm³/mol. The fraction of sp³-hybridized carbons (Fsp3) is 0.312. The fourth-order valence-corrected chi connectivity index (χ4v) is 2.58. The van der Waals surface area contributed by atoms with Crippen molar-refractivity contribution in [2.24, 2.45) is 16.6 Å². The molecule has 1 aromatic heterocycles. The van der Waals surface area contributed by atoms with Crippen molar-refractivity contribution >= 4 is 29.0 Å². The van der Waals surface area contributed by atoms with Crippen molar-refractivity contribution in [2.45, 2.75) is 25.7 Å². The largest absolute Gasteiger partial charge is 0.422 e. The molecule has 114 valence electrons. The molecule has 0 unspecified atom stereocenters. The van der Waals surface area contributed by atoms with Gasteiger partial charge in [-0.05, 0) is 37.0 Å². The lowest BCUT2D eigenvalue weighted by Gasteiger charge is -2.01. The highest BCUT2D eigenvalue weighted by Crippen LogP contribution is 2.25. The topological polar surface area (TPSA) is 93.5 Å². The molecule has 1 aromatic carbocycles. The summed E-state index contributed by atoms with van der Waals surface area (Å²) in [7, 11) is 0. The van der Waals surface area contributed by atoms with E-state index in [4.69, 9.17) is 10.2 Å². The SMILES string of the molecule is NC(=Nc1nc2ccccc2o1)NC(=O)/C=C/C1CCCC1. The van der Waals surface area contributed by atoms with Gasteiger partial charge < -0.3 is 10.2 Å². The van der Waals surface area contributed by atoms with Crippen LogP contribution < -0.4 is 11.1 Å². The Bertz CT molecular complexity index is 694. The molecule has 22 heavy (non-hydrogen) atoms. The number of nitrogens with one attached hydrogen (secondary N) is 1. The van der Waals surface area contributed by atoms with Crippen LogP contribution >= 0.6 is 0 Å². The summed E-state index contributed by atoms with van der Waals surface area (Å²) in [5, 5.41) is 2.50. The van der Waals surface area contributed by atoms with Crippen LogP contribution in [0.15, 0.2) is 45.8 Å². The Morgan fingerprint density at radius 3 is 2.91 bits per heavy atom. The minimum Gasteiger partial charge on any atom is -0.422 e. The van der Waals surface area contributed by atoms with Gasteiger partial charge in [0.1, 0.15) is 5.52 Å². The first-order valence-corrected chi connectivity index (χ1v) is 7.39. The van der Waals surface area contributed by atoms with Crippen LogP contribution in [0, 0.1) is 5.92 Å². The van der Waals surface area contributed by atoms with E-state index in [9.17, 15) is 4.79 Å². The molecule has 1 saturated carbocycles. The molecule has 1 amide bonds. The molecule has 1 heterocycles. The number of hydrogen-bond acceptors (Lipinski definition) is 4. The van der Waals surface area contributed by atoms with Gasteiger partial charge in [-0.25, -0.2) is 0 Å². The molecule has 0 saturated heterocycles. The Kier molecular flexibility index (Phi) is 4.18. The Balaban J connectivity index is 1.62. The lowest BCUT2D eigenvalue weighted by atomic mass is 10.1. The normalized spacial score (nSPS) is 16.6. The number of hydrogen-bond donors (Lipinski definition) is 2.